The largest absolute Gasteiger partial charge is 0.337 e. The maximum absolute atomic E-state index is 13.3. The number of nitrogens with zero attached hydrogens (tertiary/aromatic N) is 4. The zero-order chi connectivity index (χ0) is 23.2. The molecule has 0 saturated carbocycles. The van der Waals surface area contributed by atoms with Gasteiger partial charge in [-0.2, -0.15) is 5.10 Å². The van der Waals surface area contributed by atoms with Crippen LogP contribution in [0.15, 0.2) is 66.7 Å². The molecule has 2 aromatic carbocycles. The number of amides is 2. The van der Waals surface area contributed by atoms with Crippen LogP contribution in [0.25, 0.3) is 16.7 Å². The quantitative estimate of drug-likeness (QED) is 0.503. The highest BCUT2D eigenvalue weighted by Gasteiger charge is 2.38. The Kier molecular flexibility index (Phi) is 4.90. The number of aromatic nitrogens is 3. The minimum Gasteiger partial charge on any atom is -0.337 e. The number of fused-ring (bicyclic) bond motifs is 2. The van der Waals surface area contributed by atoms with Gasteiger partial charge in [0, 0.05) is 24.2 Å². The van der Waals surface area contributed by atoms with Gasteiger partial charge in [0.2, 0.25) is 5.91 Å². The summed E-state index contributed by atoms with van der Waals surface area (Å²) in [6.07, 6.45) is 1.59. The van der Waals surface area contributed by atoms with Crippen LogP contribution in [0.4, 0.5) is 5.69 Å². The molecule has 0 aliphatic carbocycles. The first-order chi connectivity index (χ1) is 16.6. The van der Waals surface area contributed by atoms with Crippen LogP contribution in [0.3, 0.4) is 0 Å². The molecule has 0 spiro atoms. The number of rotatable bonds is 3. The van der Waals surface area contributed by atoms with E-state index < -0.39 is 0 Å². The van der Waals surface area contributed by atoms with E-state index in [2.05, 4.69) is 10.4 Å². The van der Waals surface area contributed by atoms with E-state index in [0.29, 0.717) is 24.4 Å². The summed E-state index contributed by atoms with van der Waals surface area (Å²) in [5.74, 6) is 0.0918. The molecule has 7 heteroatoms. The molecule has 1 atom stereocenters. The molecule has 1 saturated heterocycles. The Morgan fingerprint density at radius 2 is 1.71 bits per heavy atom. The van der Waals surface area contributed by atoms with Crippen LogP contribution in [-0.4, -0.2) is 44.6 Å². The molecule has 2 aliphatic heterocycles. The van der Waals surface area contributed by atoms with Gasteiger partial charge in [0.1, 0.15) is 5.69 Å². The smallest absolute Gasteiger partial charge is 0.272 e. The molecule has 0 radical (unpaired) electrons. The Labute approximate surface area is 197 Å². The van der Waals surface area contributed by atoms with Crippen LogP contribution >= 0.6 is 0 Å². The van der Waals surface area contributed by atoms with Crippen molar-refractivity contribution in [1.82, 2.24) is 19.7 Å². The van der Waals surface area contributed by atoms with E-state index in [1.165, 1.54) is 0 Å². The number of nitrogens with one attached hydrogen (secondary N) is 1. The Morgan fingerprint density at radius 3 is 2.50 bits per heavy atom. The van der Waals surface area contributed by atoms with Gasteiger partial charge < -0.3 is 10.2 Å². The Balaban J connectivity index is 1.22. The number of likely N-dealkylation sites (tertiary alicyclic amines) is 1. The Bertz CT molecular complexity index is 1400. The highest BCUT2D eigenvalue weighted by molar-refractivity contribution is 6.03. The zero-order valence-electron chi connectivity index (χ0n) is 18.9. The first kappa shape index (κ1) is 20.6. The average molecular weight is 452 g/mol. The number of hydrogen-bond acceptors (Lipinski definition) is 4. The van der Waals surface area contributed by atoms with Crippen LogP contribution in [0, 0.1) is 12.8 Å². The minimum atomic E-state index is -0.133. The standard InChI is InChI=1S/C27H25N5O2/c1-17-20-11-12-23(28-25(20)32(30-17)19-7-3-2-4-8-19)27(34)31-15-13-18(14-16-31)24-21-9-5-6-10-22(21)29-26(24)33/h2-12,18,24H,13-16H2,1H3,(H,29,33). The number of carbonyl (C=O) groups is 2. The van der Waals surface area contributed by atoms with Gasteiger partial charge in [0.15, 0.2) is 5.65 Å². The van der Waals surface area contributed by atoms with Crippen molar-refractivity contribution in [1.29, 1.82) is 0 Å². The highest BCUT2D eigenvalue weighted by Crippen LogP contribution is 2.41. The van der Waals surface area contributed by atoms with Gasteiger partial charge in [-0.3, -0.25) is 9.59 Å². The van der Waals surface area contributed by atoms with Gasteiger partial charge in [-0.1, -0.05) is 36.4 Å². The van der Waals surface area contributed by atoms with Crippen molar-refractivity contribution < 1.29 is 9.59 Å². The lowest BCUT2D eigenvalue weighted by molar-refractivity contribution is -0.118. The molecule has 7 nitrogen and oxygen atoms in total. The molecule has 1 fully saturated rings. The fourth-order valence-electron chi connectivity index (χ4n) is 5.31. The molecule has 34 heavy (non-hydrogen) atoms. The molecule has 1 N–H and O–H groups in total. The van der Waals surface area contributed by atoms with Crippen molar-refractivity contribution in [3.63, 3.8) is 0 Å². The molecule has 0 bridgehead atoms. The monoisotopic (exact) mass is 451 g/mol. The van der Waals surface area contributed by atoms with Crippen molar-refractivity contribution in [2.45, 2.75) is 25.7 Å². The molecule has 2 amide bonds. The van der Waals surface area contributed by atoms with E-state index in [9.17, 15) is 9.59 Å². The second-order valence-corrected chi connectivity index (χ2v) is 9.08. The fourth-order valence-corrected chi connectivity index (χ4v) is 5.31. The molecule has 4 heterocycles. The van der Waals surface area contributed by atoms with E-state index in [1.807, 2.05) is 72.5 Å². The normalized spacial score (nSPS) is 18.2. The number of benzene rings is 2. The van der Waals surface area contributed by atoms with Crippen molar-refractivity contribution in [2.24, 2.45) is 5.92 Å². The van der Waals surface area contributed by atoms with Gasteiger partial charge in [0.05, 0.1) is 17.3 Å². The van der Waals surface area contributed by atoms with Crippen LogP contribution in [0.5, 0.6) is 0 Å². The molecule has 6 rings (SSSR count). The highest BCUT2D eigenvalue weighted by atomic mass is 16.2. The number of pyridine rings is 1. The number of anilines is 1. The van der Waals surface area contributed by atoms with Crippen molar-refractivity contribution in [3.8, 4) is 5.69 Å². The van der Waals surface area contributed by atoms with E-state index in [1.54, 1.807) is 10.7 Å². The topological polar surface area (TPSA) is 80.1 Å². The number of carbonyl (C=O) groups excluding carboxylic acids is 2. The average Bonchev–Trinajstić information content (AvgIpc) is 3.40. The van der Waals surface area contributed by atoms with Crippen molar-refractivity contribution >= 4 is 28.5 Å². The Hall–Kier alpha value is -4.00. The molecular formula is C27H25N5O2. The lowest BCUT2D eigenvalue weighted by Gasteiger charge is -2.34. The lowest BCUT2D eigenvalue weighted by Crippen LogP contribution is -2.40. The third-order valence-electron chi connectivity index (χ3n) is 7.07. The van der Waals surface area contributed by atoms with Crippen molar-refractivity contribution in [3.05, 3.63) is 83.7 Å². The number of piperidine rings is 1. The second kappa shape index (κ2) is 8.09. The first-order valence-electron chi connectivity index (χ1n) is 11.7. The summed E-state index contributed by atoms with van der Waals surface area (Å²) in [6, 6.07) is 21.5. The lowest BCUT2D eigenvalue weighted by atomic mass is 9.80. The number of hydrogen-bond donors (Lipinski definition) is 1. The van der Waals surface area contributed by atoms with E-state index in [-0.39, 0.29) is 23.7 Å². The third-order valence-corrected chi connectivity index (χ3v) is 7.07. The molecule has 1 unspecified atom stereocenters. The fraction of sp³-hybridized carbons (Fsp3) is 0.259. The summed E-state index contributed by atoms with van der Waals surface area (Å²) in [5.41, 5.74) is 4.89. The first-order valence-corrected chi connectivity index (χ1v) is 11.7. The minimum absolute atomic E-state index is 0.0719. The van der Waals surface area contributed by atoms with E-state index in [4.69, 9.17) is 4.98 Å². The van der Waals surface area contributed by atoms with Crippen LogP contribution in [-0.2, 0) is 4.79 Å². The Morgan fingerprint density at radius 1 is 0.971 bits per heavy atom. The molecule has 170 valence electrons. The maximum atomic E-state index is 13.3. The van der Waals surface area contributed by atoms with E-state index in [0.717, 1.165) is 40.9 Å². The second-order valence-electron chi connectivity index (χ2n) is 9.08. The molecule has 2 aromatic heterocycles. The number of aryl methyl sites for hydroxylation is 1. The summed E-state index contributed by atoms with van der Waals surface area (Å²) in [6.45, 7) is 3.19. The zero-order valence-corrected chi connectivity index (χ0v) is 18.9. The van der Waals surface area contributed by atoms with Crippen molar-refractivity contribution in [2.75, 3.05) is 18.4 Å². The molecule has 2 aliphatic rings. The van der Waals surface area contributed by atoms with Gasteiger partial charge in [-0.05, 0) is 61.6 Å². The predicted molar refractivity (Wildman–Crippen MR) is 130 cm³/mol. The summed E-state index contributed by atoms with van der Waals surface area (Å²) < 4.78 is 1.80. The van der Waals surface area contributed by atoms with Gasteiger partial charge in [-0.25, -0.2) is 9.67 Å². The van der Waals surface area contributed by atoms with Gasteiger partial charge in [0.25, 0.3) is 5.91 Å². The van der Waals surface area contributed by atoms with Crippen LogP contribution in [0.2, 0.25) is 0 Å². The van der Waals surface area contributed by atoms with Crippen LogP contribution < -0.4 is 5.32 Å². The summed E-state index contributed by atoms with van der Waals surface area (Å²) in [4.78, 5) is 32.6. The predicted octanol–water partition coefficient (Wildman–Crippen LogP) is 4.32. The summed E-state index contributed by atoms with van der Waals surface area (Å²) in [7, 11) is 0. The summed E-state index contributed by atoms with van der Waals surface area (Å²) in [5, 5.41) is 8.58. The van der Waals surface area contributed by atoms with Crippen LogP contribution in [0.1, 0.15) is 40.5 Å². The molecule has 4 aromatic rings. The van der Waals surface area contributed by atoms with E-state index >= 15 is 0 Å². The summed E-state index contributed by atoms with van der Waals surface area (Å²) >= 11 is 0. The molecular weight excluding hydrogens is 426 g/mol. The van der Waals surface area contributed by atoms with Gasteiger partial charge >= 0.3 is 0 Å². The van der Waals surface area contributed by atoms with Gasteiger partial charge in [-0.15, -0.1) is 0 Å². The maximum Gasteiger partial charge on any atom is 0.272 e. The number of para-hydroxylation sites is 2. The third kappa shape index (κ3) is 3.36. The SMILES string of the molecule is Cc1nn(-c2ccccc2)c2nc(C(=O)N3CCC(C4C(=O)Nc5ccccc54)CC3)ccc12.